The number of hydrogen-bond acceptors (Lipinski definition) is 7. The van der Waals surface area contributed by atoms with Crippen molar-refractivity contribution in [2.24, 2.45) is 0 Å². The highest BCUT2D eigenvalue weighted by atomic mass is 16.5. The lowest BCUT2D eigenvalue weighted by atomic mass is 10.0. The molecular weight excluding hydrogens is 480 g/mol. The molecule has 9 nitrogen and oxygen atoms in total. The fourth-order valence-corrected chi connectivity index (χ4v) is 5.16. The van der Waals surface area contributed by atoms with E-state index in [1.807, 2.05) is 67.6 Å². The molecule has 0 saturated carbocycles. The fraction of sp³-hybridized carbons (Fsp3) is 0.241. The second-order valence-electron chi connectivity index (χ2n) is 9.25. The van der Waals surface area contributed by atoms with Crippen molar-refractivity contribution in [2.75, 3.05) is 25.2 Å². The number of fused-ring (bicyclic) bond motifs is 2. The van der Waals surface area contributed by atoms with Gasteiger partial charge in [-0.3, -0.25) is 4.79 Å². The van der Waals surface area contributed by atoms with Crippen LogP contribution in [-0.2, 0) is 13.0 Å². The molecule has 0 fully saturated rings. The second-order valence-corrected chi connectivity index (χ2v) is 9.25. The maximum absolute atomic E-state index is 13.6. The van der Waals surface area contributed by atoms with Gasteiger partial charge in [0, 0.05) is 28.7 Å². The molecule has 0 aliphatic carbocycles. The van der Waals surface area contributed by atoms with E-state index in [9.17, 15) is 4.79 Å². The molecule has 0 saturated heterocycles. The Morgan fingerprint density at radius 1 is 1.03 bits per heavy atom. The number of aromatic nitrogens is 5. The van der Waals surface area contributed by atoms with E-state index >= 15 is 0 Å². The molecule has 0 bridgehead atoms. The molecule has 1 atom stereocenters. The molecule has 3 aromatic carbocycles. The van der Waals surface area contributed by atoms with Gasteiger partial charge in [0.2, 0.25) is 0 Å². The summed E-state index contributed by atoms with van der Waals surface area (Å²) < 4.78 is 12.8. The van der Waals surface area contributed by atoms with Crippen LogP contribution >= 0.6 is 0 Å². The summed E-state index contributed by atoms with van der Waals surface area (Å²) in [4.78, 5) is 18.9. The quantitative estimate of drug-likeness (QED) is 0.337. The number of nitrogens with one attached hydrogen (secondary N) is 1. The van der Waals surface area contributed by atoms with E-state index in [1.165, 1.54) is 5.56 Å². The molecule has 3 heterocycles. The largest absolute Gasteiger partial charge is 0.497 e. The molecular formula is C29H28N6O3. The summed E-state index contributed by atoms with van der Waals surface area (Å²) in [5.41, 5.74) is 4.50. The second kappa shape index (κ2) is 10.0. The average molecular weight is 509 g/mol. The average Bonchev–Trinajstić information content (AvgIpc) is 3.58. The van der Waals surface area contributed by atoms with E-state index < -0.39 is 6.04 Å². The number of ether oxygens (including phenoxy) is 2. The molecule has 1 N–H and O–H groups in total. The first-order valence-corrected chi connectivity index (χ1v) is 12.7. The number of hydrogen-bond donors (Lipinski definition) is 1. The first kappa shape index (κ1) is 23.7. The lowest BCUT2D eigenvalue weighted by Gasteiger charge is -2.29. The third kappa shape index (κ3) is 4.36. The maximum atomic E-state index is 13.6. The van der Waals surface area contributed by atoms with Crippen molar-refractivity contribution >= 4 is 16.6 Å². The van der Waals surface area contributed by atoms with Crippen molar-refractivity contribution in [3.8, 4) is 11.5 Å². The Labute approximate surface area is 219 Å². The molecule has 1 aliphatic heterocycles. The van der Waals surface area contributed by atoms with Gasteiger partial charge in [-0.05, 0) is 77.4 Å². The van der Waals surface area contributed by atoms with Crippen molar-refractivity contribution in [2.45, 2.75) is 25.9 Å². The van der Waals surface area contributed by atoms with Crippen molar-refractivity contribution in [3.63, 3.8) is 0 Å². The van der Waals surface area contributed by atoms with E-state index in [0.717, 1.165) is 46.6 Å². The molecule has 2 aromatic heterocycles. The number of benzene rings is 3. The molecule has 1 aliphatic rings. The normalized spacial score (nSPS) is 13.5. The molecule has 38 heavy (non-hydrogen) atoms. The fourth-order valence-electron chi connectivity index (χ4n) is 5.16. The summed E-state index contributed by atoms with van der Waals surface area (Å²) in [6, 6.07) is 23.2. The van der Waals surface area contributed by atoms with Crippen molar-refractivity contribution in [1.29, 1.82) is 0 Å². The summed E-state index contributed by atoms with van der Waals surface area (Å²) >= 11 is 0. The lowest BCUT2D eigenvalue weighted by molar-refractivity contribution is 0.340. The minimum atomic E-state index is -0.490. The maximum Gasteiger partial charge on any atom is 0.254 e. The Balaban J connectivity index is 1.48. The van der Waals surface area contributed by atoms with Gasteiger partial charge in [-0.15, -0.1) is 5.10 Å². The summed E-state index contributed by atoms with van der Waals surface area (Å²) in [7, 11) is 1.64. The number of rotatable bonds is 8. The number of tetrazole rings is 1. The van der Waals surface area contributed by atoms with E-state index in [-0.39, 0.29) is 5.56 Å². The molecule has 6 rings (SSSR count). The Morgan fingerprint density at radius 2 is 1.84 bits per heavy atom. The van der Waals surface area contributed by atoms with Gasteiger partial charge >= 0.3 is 0 Å². The van der Waals surface area contributed by atoms with Crippen LogP contribution in [0.1, 0.15) is 35.5 Å². The van der Waals surface area contributed by atoms with Crippen LogP contribution in [0.3, 0.4) is 0 Å². The minimum absolute atomic E-state index is 0.171. The third-order valence-electron chi connectivity index (χ3n) is 6.98. The number of methoxy groups -OCH3 is 1. The van der Waals surface area contributed by atoms with Gasteiger partial charge < -0.3 is 19.4 Å². The summed E-state index contributed by atoms with van der Waals surface area (Å²) in [6.45, 7) is 3.72. The highest BCUT2D eigenvalue weighted by molar-refractivity contribution is 5.81. The lowest BCUT2D eigenvalue weighted by Crippen LogP contribution is -2.34. The molecule has 0 amide bonds. The SMILES string of the molecule is CCOc1ccc2[nH]c(=O)c([C@H](c3nnnn3Cc3ccc(OC)cc3)N3CCc4ccccc43)cc2c1. The van der Waals surface area contributed by atoms with Crippen molar-refractivity contribution in [1.82, 2.24) is 25.2 Å². The van der Waals surface area contributed by atoms with Crippen molar-refractivity contribution in [3.05, 3.63) is 106 Å². The van der Waals surface area contributed by atoms with Crippen LogP contribution in [0.4, 0.5) is 5.69 Å². The van der Waals surface area contributed by atoms with Crippen LogP contribution in [0, 0.1) is 0 Å². The van der Waals surface area contributed by atoms with E-state index in [0.29, 0.717) is 24.5 Å². The van der Waals surface area contributed by atoms with Crippen LogP contribution in [0.2, 0.25) is 0 Å². The molecule has 0 unspecified atom stereocenters. The monoisotopic (exact) mass is 508 g/mol. The van der Waals surface area contributed by atoms with Gasteiger partial charge in [-0.25, -0.2) is 4.68 Å². The van der Waals surface area contributed by atoms with Crippen LogP contribution < -0.4 is 19.9 Å². The van der Waals surface area contributed by atoms with Gasteiger partial charge in [0.05, 0.1) is 20.3 Å². The molecule has 9 heteroatoms. The number of nitrogens with zero attached hydrogens (tertiary/aromatic N) is 5. The minimum Gasteiger partial charge on any atom is -0.497 e. The number of aromatic amines is 1. The van der Waals surface area contributed by atoms with Gasteiger partial charge in [-0.1, -0.05) is 30.3 Å². The number of anilines is 1. The summed E-state index contributed by atoms with van der Waals surface area (Å²) in [5, 5.41) is 13.7. The number of H-pyrrole nitrogens is 1. The summed E-state index contributed by atoms with van der Waals surface area (Å²) in [5.74, 6) is 2.14. The van der Waals surface area contributed by atoms with Gasteiger partial charge in [-0.2, -0.15) is 0 Å². The first-order valence-electron chi connectivity index (χ1n) is 12.7. The van der Waals surface area contributed by atoms with Gasteiger partial charge in [0.25, 0.3) is 5.56 Å². The van der Waals surface area contributed by atoms with E-state index in [2.05, 4.69) is 37.5 Å². The summed E-state index contributed by atoms with van der Waals surface area (Å²) in [6.07, 6.45) is 0.882. The Morgan fingerprint density at radius 3 is 2.66 bits per heavy atom. The first-order chi connectivity index (χ1) is 18.6. The van der Waals surface area contributed by atoms with Crippen LogP contribution in [0.5, 0.6) is 11.5 Å². The molecule has 5 aromatic rings. The Bertz CT molecular complexity index is 1640. The zero-order valence-electron chi connectivity index (χ0n) is 21.3. The zero-order valence-corrected chi connectivity index (χ0v) is 21.3. The Kier molecular flexibility index (Phi) is 6.25. The number of para-hydroxylation sites is 1. The molecule has 0 radical (unpaired) electrons. The highest BCUT2D eigenvalue weighted by Gasteiger charge is 2.34. The third-order valence-corrected chi connectivity index (χ3v) is 6.98. The predicted molar refractivity (Wildman–Crippen MR) is 145 cm³/mol. The number of pyridine rings is 1. The highest BCUT2D eigenvalue weighted by Crippen LogP contribution is 2.37. The standard InChI is InChI=1S/C29H28N6O3/c1-3-38-23-12-13-25-21(16-23)17-24(29(36)30-25)27(34-15-14-20-6-4-5-7-26(20)34)28-31-32-33-35(28)18-19-8-10-22(37-2)11-9-19/h4-13,16-17,27H,3,14-15,18H2,1-2H3,(H,30,36)/t27-/m1/s1. The molecule has 0 spiro atoms. The molecule has 192 valence electrons. The van der Waals surface area contributed by atoms with Crippen LogP contribution in [0.25, 0.3) is 10.9 Å². The predicted octanol–water partition coefficient (Wildman–Crippen LogP) is 4.12. The van der Waals surface area contributed by atoms with Crippen LogP contribution in [-0.4, -0.2) is 45.5 Å². The Hall–Kier alpha value is -4.66. The van der Waals surface area contributed by atoms with E-state index in [4.69, 9.17) is 9.47 Å². The van der Waals surface area contributed by atoms with Crippen molar-refractivity contribution < 1.29 is 9.47 Å². The topological polar surface area (TPSA) is 98.2 Å². The van der Waals surface area contributed by atoms with Gasteiger partial charge in [0.1, 0.15) is 17.5 Å². The van der Waals surface area contributed by atoms with Gasteiger partial charge in [0.15, 0.2) is 5.82 Å². The van der Waals surface area contributed by atoms with E-state index in [1.54, 1.807) is 11.8 Å². The smallest absolute Gasteiger partial charge is 0.254 e. The van der Waals surface area contributed by atoms with Crippen LogP contribution in [0.15, 0.2) is 77.6 Å². The zero-order chi connectivity index (χ0) is 26.1.